The van der Waals surface area contributed by atoms with Gasteiger partial charge >= 0.3 is 5.97 Å². The van der Waals surface area contributed by atoms with Crippen LogP contribution in [0, 0.1) is 17.8 Å². The third kappa shape index (κ3) is 4.73. The van der Waals surface area contributed by atoms with Gasteiger partial charge in [0.2, 0.25) is 0 Å². The third-order valence-corrected chi connectivity index (χ3v) is 8.54. The molecule has 2 aromatic carbocycles. The van der Waals surface area contributed by atoms with Gasteiger partial charge in [0, 0.05) is 5.69 Å². The highest BCUT2D eigenvalue weighted by Gasteiger charge is 2.51. The smallest absolute Gasteiger partial charge is 0.335 e. The van der Waals surface area contributed by atoms with Crippen molar-refractivity contribution in [3.05, 3.63) is 71.0 Å². The molecule has 0 saturated heterocycles. The molecular weight excluding hydrogens is 480 g/mol. The first kappa shape index (κ1) is 24.8. The first-order valence-electron chi connectivity index (χ1n) is 13.6. The van der Waals surface area contributed by atoms with Crippen molar-refractivity contribution in [2.24, 2.45) is 17.8 Å². The minimum absolute atomic E-state index is 0.0997. The van der Waals surface area contributed by atoms with Crippen LogP contribution in [-0.2, 0) is 11.3 Å². The van der Waals surface area contributed by atoms with Gasteiger partial charge in [-0.2, -0.15) is 4.80 Å². The highest BCUT2D eigenvalue weighted by Crippen LogP contribution is 2.57. The normalized spacial score (nSPS) is 25.6. The Morgan fingerprint density at radius 3 is 2.37 bits per heavy atom. The summed E-state index contributed by atoms with van der Waals surface area (Å²) in [7, 11) is 0. The molecule has 38 heavy (non-hydrogen) atoms. The van der Waals surface area contributed by atoms with Gasteiger partial charge in [0.25, 0.3) is 5.91 Å². The molecule has 2 N–H and O–H groups in total. The zero-order valence-electron chi connectivity index (χ0n) is 21.9. The van der Waals surface area contributed by atoms with E-state index < -0.39 is 11.9 Å². The van der Waals surface area contributed by atoms with Crippen molar-refractivity contribution in [2.45, 2.75) is 70.5 Å². The lowest BCUT2D eigenvalue weighted by Crippen LogP contribution is -2.51. The summed E-state index contributed by atoms with van der Waals surface area (Å²) in [5, 5.41) is 21.6. The maximum Gasteiger partial charge on any atom is 0.335 e. The molecule has 0 aliphatic heterocycles. The van der Waals surface area contributed by atoms with Gasteiger partial charge in [-0.3, -0.25) is 4.79 Å². The molecule has 0 atom stereocenters. The number of para-hydroxylation sites is 1. The van der Waals surface area contributed by atoms with Crippen molar-refractivity contribution >= 4 is 17.6 Å². The molecule has 8 nitrogen and oxygen atoms in total. The van der Waals surface area contributed by atoms with Crippen molar-refractivity contribution in [3.63, 3.8) is 0 Å². The topological polar surface area (TPSA) is 106 Å². The Kier molecular flexibility index (Phi) is 6.30. The van der Waals surface area contributed by atoms with Gasteiger partial charge in [-0.05, 0) is 92.0 Å². The molecule has 0 radical (unpaired) electrons. The van der Waals surface area contributed by atoms with Gasteiger partial charge in [0.05, 0.1) is 23.5 Å². The van der Waals surface area contributed by atoms with Gasteiger partial charge < -0.3 is 15.2 Å². The SMILES string of the molecule is CC(C)c1ccccc1-n1nc(COC23CC4CC(CC(C4)C2)C3)c(C(=O)Nc2cccc(C(=O)O)c2)n1. The van der Waals surface area contributed by atoms with Gasteiger partial charge in [0.15, 0.2) is 5.69 Å². The first-order chi connectivity index (χ1) is 18.3. The quantitative estimate of drug-likeness (QED) is 0.392. The number of aromatic carboxylic acids is 1. The zero-order chi connectivity index (χ0) is 26.4. The third-order valence-electron chi connectivity index (χ3n) is 8.54. The van der Waals surface area contributed by atoms with Crippen LogP contribution in [0.25, 0.3) is 5.69 Å². The van der Waals surface area contributed by atoms with Gasteiger partial charge in [-0.25, -0.2) is 4.79 Å². The molecule has 0 unspecified atom stereocenters. The summed E-state index contributed by atoms with van der Waals surface area (Å²) in [4.78, 5) is 26.4. The van der Waals surface area contributed by atoms with Crippen molar-refractivity contribution in [1.82, 2.24) is 15.0 Å². The number of carbonyl (C=O) groups excluding carboxylic acids is 1. The fourth-order valence-electron chi connectivity index (χ4n) is 7.23. The zero-order valence-corrected chi connectivity index (χ0v) is 21.9. The van der Waals surface area contributed by atoms with Crippen molar-refractivity contribution < 1.29 is 19.4 Å². The maximum atomic E-state index is 13.5. The Morgan fingerprint density at radius 2 is 1.71 bits per heavy atom. The number of rotatable bonds is 8. The number of carboxylic acids is 1. The maximum absolute atomic E-state index is 13.5. The van der Waals surface area contributed by atoms with Crippen LogP contribution in [0.5, 0.6) is 0 Å². The van der Waals surface area contributed by atoms with Crippen LogP contribution in [0.1, 0.15) is 90.4 Å². The first-order valence-corrected chi connectivity index (χ1v) is 13.6. The number of carbonyl (C=O) groups is 2. The standard InChI is InChI=1S/C30H34N4O4/c1-18(2)24-8-3-4-9-26(24)34-32-25(17-38-30-14-19-10-20(15-30)12-21(11-19)16-30)27(33-34)28(35)31-23-7-5-6-22(13-23)29(36)37/h3-9,13,18-21H,10-12,14-17H2,1-2H3,(H,31,35)(H,36,37). The van der Waals surface area contributed by atoms with E-state index >= 15 is 0 Å². The molecule has 0 spiro atoms. The number of amides is 1. The summed E-state index contributed by atoms with van der Waals surface area (Å²) in [5.41, 5.74) is 2.95. The molecule has 4 aliphatic rings. The average molecular weight is 515 g/mol. The van der Waals surface area contributed by atoms with E-state index in [0.29, 0.717) is 11.4 Å². The van der Waals surface area contributed by atoms with Gasteiger partial charge in [-0.15, -0.1) is 10.2 Å². The van der Waals surface area contributed by atoms with Crippen LogP contribution in [0.3, 0.4) is 0 Å². The Morgan fingerprint density at radius 1 is 1.03 bits per heavy atom. The van der Waals surface area contributed by atoms with Crippen molar-refractivity contribution in [1.29, 1.82) is 0 Å². The van der Waals surface area contributed by atoms with Crippen molar-refractivity contribution in [2.75, 3.05) is 5.32 Å². The number of hydrogen-bond acceptors (Lipinski definition) is 5. The fourth-order valence-corrected chi connectivity index (χ4v) is 7.23. The molecule has 1 amide bonds. The monoisotopic (exact) mass is 514 g/mol. The predicted molar refractivity (Wildman–Crippen MR) is 142 cm³/mol. The molecule has 1 heterocycles. The van der Waals surface area contributed by atoms with Crippen molar-refractivity contribution in [3.8, 4) is 5.69 Å². The van der Waals surface area contributed by atoms with Crippen LogP contribution in [-0.4, -0.2) is 37.6 Å². The van der Waals surface area contributed by atoms with Gasteiger partial charge in [0.1, 0.15) is 5.69 Å². The highest BCUT2D eigenvalue weighted by atomic mass is 16.5. The molecule has 4 saturated carbocycles. The Hall–Kier alpha value is -3.52. The number of carboxylic acid groups (broad SMARTS) is 1. The number of hydrogen-bond donors (Lipinski definition) is 2. The Balaban J connectivity index is 1.31. The van der Waals surface area contributed by atoms with E-state index in [1.165, 1.54) is 36.2 Å². The number of aromatic nitrogens is 3. The van der Waals surface area contributed by atoms with Crippen LogP contribution in [0.2, 0.25) is 0 Å². The number of nitrogens with one attached hydrogen (secondary N) is 1. The Bertz CT molecular complexity index is 1340. The summed E-state index contributed by atoms with van der Waals surface area (Å²) in [5.74, 6) is 1.00. The summed E-state index contributed by atoms with van der Waals surface area (Å²) in [6.07, 6.45) is 7.25. The number of benzene rings is 2. The molecule has 1 aromatic heterocycles. The van der Waals surface area contributed by atoms with E-state index in [1.807, 2.05) is 24.3 Å². The summed E-state index contributed by atoms with van der Waals surface area (Å²) in [6, 6.07) is 14.1. The van der Waals surface area contributed by atoms with Crippen LogP contribution in [0.4, 0.5) is 5.69 Å². The van der Waals surface area contributed by atoms with E-state index in [1.54, 1.807) is 12.1 Å². The molecule has 3 aromatic rings. The summed E-state index contributed by atoms with van der Waals surface area (Å²) in [6.45, 7) is 4.44. The van der Waals surface area contributed by atoms with Gasteiger partial charge in [-0.1, -0.05) is 38.1 Å². The average Bonchev–Trinajstić information content (AvgIpc) is 3.31. The van der Waals surface area contributed by atoms with Crippen LogP contribution >= 0.6 is 0 Å². The second-order valence-corrected chi connectivity index (χ2v) is 11.7. The lowest BCUT2D eigenvalue weighted by molar-refractivity contribution is -0.169. The predicted octanol–water partition coefficient (Wildman–Crippen LogP) is 5.83. The van der Waals surface area contributed by atoms with Crippen LogP contribution < -0.4 is 5.32 Å². The minimum Gasteiger partial charge on any atom is -0.478 e. The largest absolute Gasteiger partial charge is 0.478 e. The van der Waals surface area contributed by atoms with E-state index in [4.69, 9.17) is 9.84 Å². The van der Waals surface area contributed by atoms with E-state index in [2.05, 4.69) is 24.3 Å². The lowest BCUT2D eigenvalue weighted by atomic mass is 9.54. The molecule has 7 rings (SSSR count). The molecule has 4 bridgehead atoms. The fraction of sp³-hybridized carbons (Fsp3) is 0.467. The van der Waals surface area contributed by atoms with E-state index in [-0.39, 0.29) is 29.4 Å². The molecular formula is C30H34N4O4. The highest BCUT2D eigenvalue weighted by molar-refractivity contribution is 6.04. The number of anilines is 1. The minimum atomic E-state index is -1.05. The molecule has 198 valence electrons. The van der Waals surface area contributed by atoms with E-state index in [9.17, 15) is 14.7 Å². The van der Waals surface area contributed by atoms with E-state index in [0.717, 1.165) is 48.3 Å². The van der Waals surface area contributed by atoms with Crippen LogP contribution in [0.15, 0.2) is 48.5 Å². The summed E-state index contributed by atoms with van der Waals surface area (Å²) < 4.78 is 6.67. The molecule has 4 fully saturated rings. The molecule has 4 aliphatic carbocycles. The lowest BCUT2D eigenvalue weighted by Gasteiger charge is -2.56. The summed E-state index contributed by atoms with van der Waals surface area (Å²) >= 11 is 0. The number of ether oxygens (including phenoxy) is 1. The Labute approximate surface area is 222 Å². The number of nitrogens with zero attached hydrogens (tertiary/aromatic N) is 3. The second kappa shape index (κ2) is 9.66. The second-order valence-electron chi connectivity index (χ2n) is 11.7. The molecule has 8 heteroatoms.